The molecular formula is C22H29N3O5S2. The average molecular weight is 480 g/mol. The van der Waals surface area contributed by atoms with Gasteiger partial charge in [0.15, 0.2) is 0 Å². The van der Waals surface area contributed by atoms with Crippen LogP contribution in [0, 0.1) is 0 Å². The van der Waals surface area contributed by atoms with Crippen molar-refractivity contribution < 1.29 is 21.6 Å². The van der Waals surface area contributed by atoms with Gasteiger partial charge in [-0.2, -0.15) is 4.31 Å². The third kappa shape index (κ3) is 5.03. The van der Waals surface area contributed by atoms with Gasteiger partial charge in [0, 0.05) is 27.2 Å². The van der Waals surface area contributed by atoms with Crippen LogP contribution in [0.2, 0.25) is 0 Å². The topological polar surface area (TPSA) is 104 Å². The number of carbonyl (C=O) groups excluding carboxylic acids is 1. The summed E-state index contributed by atoms with van der Waals surface area (Å²) in [6.07, 6.45) is 2.62. The van der Waals surface area contributed by atoms with Gasteiger partial charge in [-0.1, -0.05) is 30.7 Å². The van der Waals surface area contributed by atoms with Crippen LogP contribution in [0.3, 0.4) is 0 Å². The van der Waals surface area contributed by atoms with Crippen LogP contribution in [0.1, 0.15) is 48.1 Å². The molecule has 1 fully saturated rings. The van der Waals surface area contributed by atoms with E-state index in [1.54, 1.807) is 31.2 Å². The minimum atomic E-state index is -3.77. The van der Waals surface area contributed by atoms with Crippen molar-refractivity contribution in [3.8, 4) is 0 Å². The van der Waals surface area contributed by atoms with E-state index in [-0.39, 0.29) is 15.4 Å². The number of carbonyl (C=O) groups is 1. The highest BCUT2D eigenvalue weighted by Crippen LogP contribution is 2.25. The second kappa shape index (κ2) is 9.70. The number of benzene rings is 2. The molecule has 10 heteroatoms. The molecule has 0 radical (unpaired) electrons. The van der Waals surface area contributed by atoms with Gasteiger partial charge in [-0.25, -0.2) is 21.1 Å². The van der Waals surface area contributed by atoms with E-state index in [4.69, 9.17) is 0 Å². The monoisotopic (exact) mass is 479 g/mol. The van der Waals surface area contributed by atoms with E-state index in [1.165, 1.54) is 42.7 Å². The van der Waals surface area contributed by atoms with Crippen LogP contribution in [-0.4, -0.2) is 58.5 Å². The molecule has 1 amide bonds. The van der Waals surface area contributed by atoms with Gasteiger partial charge >= 0.3 is 0 Å². The fourth-order valence-corrected chi connectivity index (χ4v) is 6.23. The van der Waals surface area contributed by atoms with Crippen molar-refractivity contribution in [3.05, 3.63) is 59.7 Å². The quantitative estimate of drug-likeness (QED) is 0.657. The maximum Gasteiger partial charge on any atom is 0.253 e. The number of amides is 1. The van der Waals surface area contributed by atoms with Gasteiger partial charge in [-0.05, 0) is 49.6 Å². The van der Waals surface area contributed by atoms with Crippen molar-refractivity contribution in [3.63, 3.8) is 0 Å². The molecule has 3 rings (SSSR count). The molecule has 32 heavy (non-hydrogen) atoms. The molecule has 0 aliphatic carbocycles. The van der Waals surface area contributed by atoms with Crippen molar-refractivity contribution in [2.45, 2.75) is 42.0 Å². The summed E-state index contributed by atoms with van der Waals surface area (Å²) in [5.41, 5.74) is 0.796. The first kappa shape index (κ1) is 24.4. The van der Waals surface area contributed by atoms with Gasteiger partial charge in [-0.15, -0.1) is 0 Å². The summed E-state index contributed by atoms with van der Waals surface area (Å²) in [6.45, 7) is 2.67. The Morgan fingerprint density at radius 3 is 2.12 bits per heavy atom. The zero-order chi connectivity index (χ0) is 23.5. The summed E-state index contributed by atoms with van der Waals surface area (Å²) in [4.78, 5) is 13.2. The number of nitrogens with one attached hydrogen (secondary N) is 1. The highest BCUT2D eigenvalue weighted by molar-refractivity contribution is 7.89. The van der Waals surface area contributed by atoms with E-state index in [0.29, 0.717) is 18.7 Å². The number of piperidine rings is 1. The highest BCUT2D eigenvalue weighted by Gasteiger charge is 2.30. The minimum absolute atomic E-state index is 0.000903. The predicted octanol–water partition coefficient (Wildman–Crippen LogP) is 2.60. The van der Waals surface area contributed by atoms with Crippen LogP contribution < -0.4 is 5.32 Å². The lowest BCUT2D eigenvalue weighted by Crippen LogP contribution is -2.37. The molecule has 8 nitrogen and oxygen atoms in total. The molecular weight excluding hydrogens is 450 g/mol. The molecule has 1 unspecified atom stereocenters. The van der Waals surface area contributed by atoms with E-state index in [2.05, 4.69) is 5.32 Å². The van der Waals surface area contributed by atoms with Gasteiger partial charge in [0.25, 0.3) is 5.91 Å². The first-order valence-electron chi connectivity index (χ1n) is 10.5. The smallest absolute Gasteiger partial charge is 0.253 e. The Morgan fingerprint density at radius 2 is 1.53 bits per heavy atom. The Labute approximate surface area is 190 Å². The Morgan fingerprint density at radius 1 is 0.938 bits per heavy atom. The van der Waals surface area contributed by atoms with Gasteiger partial charge in [-0.3, -0.25) is 4.79 Å². The van der Waals surface area contributed by atoms with Crippen molar-refractivity contribution in [1.82, 2.24) is 13.9 Å². The number of hydrogen-bond donors (Lipinski definition) is 1. The Kier molecular flexibility index (Phi) is 7.39. The molecule has 0 saturated carbocycles. The van der Waals surface area contributed by atoms with Crippen LogP contribution in [-0.2, 0) is 20.0 Å². The molecule has 2 aromatic carbocycles. The summed E-state index contributed by atoms with van der Waals surface area (Å²) in [5.74, 6) is -0.501. The van der Waals surface area contributed by atoms with E-state index >= 15 is 0 Å². The molecule has 1 atom stereocenters. The van der Waals surface area contributed by atoms with E-state index in [1.807, 2.05) is 0 Å². The summed E-state index contributed by atoms with van der Waals surface area (Å²) < 4.78 is 53.3. The SMILES string of the molecule is CC(NC(=O)c1ccccc1S(=O)(=O)N1CCCCC1)c1ccc(S(=O)(=O)N(C)C)cc1. The predicted molar refractivity (Wildman–Crippen MR) is 122 cm³/mol. The molecule has 1 aliphatic rings. The summed E-state index contributed by atoms with van der Waals surface area (Å²) in [6, 6.07) is 12.0. The molecule has 1 N–H and O–H groups in total. The van der Waals surface area contributed by atoms with Gasteiger partial charge in [0.2, 0.25) is 20.0 Å². The van der Waals surface area contributed by atoms with E-state index in [9.17, 15) is 21.6 Å². The molecule has 174 valence electrons. The molecule has 1 heterocycles. The number of hydrogen-bond acceptors (Lipinski definition) is 5. The van der Waals surface area contributed by atoms with Crippen molar-refractivity contribution >= 4 is 26.0 Å². The lowest BCUT2D eigenvalue weighted by Gasteiger charge is -2.26. The first-order chi connectivity index (χ1) is 15.0. The molecule has 0 aromatic heterocycles. The highest BCUT2D eigenvalue weighted by atomic mass is 32.2. The number of nitrogens with zero attached hydrogens (tertiary/aromatic N) is 2. The average Bonchev–Trinajstić information content (AvgIpc) is 2.79. The lowest BCUT2D eigenvalue weighted by molar-refractivity contribution is 0.0936. The number of sulfonamides is 2. The standard InChI is InChI=1S/C22H29N3O5S2/c1-17(18-11-13-19(14-12-18)31(27,28)24(2)3)23-22(26)20-9-5-6-10-21(20)32(29,30)25-15-7-4-8-16-25/h5-6,9-14,17H,4,7-8,15-16H2,1-3H3,(H,23,26). The van der Waals surface area contributed by atoms with Crippen molar-refractivity contribution in [2.24, 2.45) is 0 Å². The van der Waals surface area contributed by atoms with Crippen molar-refractivity contribution in [1.29, 1.82) is 0 Å². The van der Waals surface area contributed by atoms with Crippen molar-refractivity contribution in [2.75, 3.05) is 27.2 Å². The second-order valence-electron chi connectivity index (χ2n) is 8.01. The van der Waals surface area contributed by atoms with Gasteiger partial charge < -0.3 is 5.32 Å². The van der Waals surface area contributed by atoms with Crippen LogP contribution >= 0.6 is 0 Å². The summed E-state index contributed by atoms with van der Waals surface area (Å²) in [7, 11) is -4.39. The first-order valence-corrected chi connectivity index (χ1v) is 13.4. The molecule has 0 bridgehead atoms. The Hall–Kier alpha value is -2.27. The normalized spacial score (nSPS) is 16.6. The largest absolute Gasteiger partial charge is 0.345 e. The van der Waals surface area contributed by atoms with Gasteiger partial charge in [0.1, 0.15) is 0 Å². The Bertz CT molecular complexity index is 1170. The third-order valence-electron chi connectivity index (χ3n) is 5.57. The van der Waals surface area contributed by atoms with Crippen LogP contribution in [0.25, 0.3) is 0 Å². The van der Waals surface area contributed by atoms with Crippen LogP contribution in [0.15, 0.2) is 58.3 Å². The van der Waals surface area contributed by atoms with Crippen LogP contribution in [0.4, 0.5) is 0 Å². The zero-order valence-electron chi connectivity index (χ0n) is 18.5. The molecule has 2 aromatic rings. The molecule has 1 aliphatic heterocycles. The minimum Gasteiger partial charge on any atom is -0.345 e. The van der Waals surface area contributed by atoms with Crippen LogP contribution in [0.5, 0.6) is 0 Å². The fraction of sp³-hybridized carbons (Fsp3) is 0.409. The third-order valence-corrected chi connectivity index (χ3v) is 9.36. The lowest BCUT2D eigenvalue weighted by atomic mass is 10.1. The Balaban J connectivity index is 1.81. The van der Waals surface area contributed by atoms with Gasteiger partial charge in [0.05, 0.1) is 21.4 Å². The molecule has 0 spiro atoms. The van der Waals surface area contributed by atoms with E-state index in [0.717, 1.165) is 23.6 Å². The summed E-state index contributed by atoms with van der Waals surface area (Å²) in [5, 5.41) is 2.83. The fourth-order valence-electron chi connectivity index (χ4n) is 3.62. The van der Waals surface area contributed by atoms with E-state index < -0.39 is 32.0 Å². The second-order valence-corrected chi connectivity index (χ2v) is 12.1. The zero-order valence-corrected chi connectivity index (χ0v) is 20.1. The maximum atomic E-state index is 13.1. The number of rotatable bonds is 7. The molecule has 1 saturated heterocycles. The summed E-state index contributed by atoms with van der Waals surface area (Å²) >= 11 is 0. The maximum absolute atomic E-state index is 13.1.